The summed E-state index contributed by atoms with van der Waals surface area (Å²) in [6, 6.07) is 10.0. The van der Waals surface area contributed by atoms with Gasteiger partial charge in [-0.2, -0.15) is 0 Å². The number of sulfonamides is 1. The molecule has 0 fully saturated rings. The highest BCUT2D eigenvalue weighted by molar-refractivity contribution is 7.92. The lowest BCUT2D eigenvalue weighted by molar-refractivity contribution is 0.199. The second-order valence-corrected chi connectivity index (χ2v) is 8.24. The summed E-state index contributed by atoms with van der Waals surface area (Å²) in [5.41, 5.74) is 0.860. The normalized spacial score (nSPS) is 11.1. The van der Waals surface area contributed by atoms with Gasteiger partial charge in [0.1, 0.15) is 0 Å². The van der Waals surface area contributed by atoms with Crippen molar-refractivity contribution in [2.45, 2.75) is 13.0 Å². The van der Waals surface area contributed by atoms with Crippen molar-refractivity contribution >= 4 is 38.8 Å². The van der Waals surface area contributed by atoms with E-state index in [4.69, 9.17) is 5.11 Å². The average molecular weight is 383 g/mol. The monoisotopic (exact) mass is 383 g/mol. The fourth-order valence-corrected chi connectivity index (χ4v) is 3.46. The standard InChI is InChI=1S/C16H21N3O4S2/c1-25(22,23)18-14-6-2-5-13(11-14)17-16(21)19(8-4-9-20)12-15-7-3-10-24-15/h2-3,5-7,10-11,18,20H,4,8-9,12H2,1H3,(H,17,21). The fraction of sp³-hybridized carbons (Fsp3) is 0.312. The molecule has 2 amide bonds. The summed E-state index contributed by atoms with van der Waals surface area (Å²) in [7, 11) is -3.38. The molecule has 1 heterocycles. The zero-order valence-electron chi connectivity index (χ0n) is 13.8. The molecule has 0 saturated carbocycles. The number of urea groups is 1. The number of nitrogens with zero attached hydrogens (tertiary/aromatic N) is 1. The molecular weight excluding hydrogens is 362 g/mol. The molecule has 0 spiro atoms. The van der Waals surface area contributed by atoms with Gasteiger partial charge in [-0.25, -0.2) is 13.2 Å². The van der Waals surface area contributed by atoms with E-state index in [1.807, 2.05) is 17.5 Å². The number of carbonyl (C=O) groups is 1. The van der Waals surface area contributed by atoms with Crippen molar-refractivity contribution in [1.29, 1.82) is 0 Å². The summed E-state index contributed by atoms with van der Waals surface area (Å²) < 4.78 is 25.0. The summed E-state index contributed by atoms with van der Waals surface area (Å²) in [6.07, 6.45) is 1.55. The molecule has 1 aromatic carbocycles. The first kappa shape index (κ1) is 19.2. The predicted molar refractivity (Wildman–Crippen MR) is 100 cm³/mol. The smallest absolute Gasteiger partial charge is 0.322 e. The maximum atomic E-state index is 12.5. The highest BCUT2D eigenvalue weighted by Crippen LogP contribution is 2.18. The molecule has 136 valence electrons. The largest absolute Gasteiger partial charge is 0.396 e. The van der Waals surface area contributed by atoms with Crippen molar-refractivity contribution in [3.05, 3.63) is 46.7 Å². The van der Waals surface area contributed by atoms with Crippen molar-refractivity contribution in [2.24, 2.45) is 0 Å². The van der Waals surface area contributed by atoms with E-state index in [1.165, 1.54) is 0 Å². The van der Waals surface area contributed by atoms with E-state index in [2.05, 4.69) is 10.0 Å². The highest BCUT2D eigenvalue weighted by atomic mass is 32.2. The molecule has 25 heavy (non-hydrogen) atoms. The van der Waals surface area contributed by atoms with E-state index in [9.17, 15) is 13.2 Å². The first-order valence-electron chi connectivity index (χ1n) is 7.64. The average Bonchev–Trinajstić information content (AvgIpc) is 3.03. The van der Waals surface area contributed by atoms with Gasteiger partial charge in [0.25, 0.3) is 0 Å². The van der Waals surface area contributed by atoms with Crippen molar-refractivity contribution in [2.75, 3.05) is 29.4 Å². The summed E-state index contributed by atoms with van der Waals surface area (Å²) in [4.78, 5) is 15.2. The molecule has 0 aliphatic carbocycles. The maximum Gasteiger partial charge on any atom is 0.322 e. The molecule has 0 unspecified atom stereocenters. The topological polar surface area (TPSA) is 98.7 Å². The van der Waals surface area contributed by atoms with Crippen LogP contribution in [0.15, 0.2) is 41.8 Å². The maximum absolute atomic E-state index is 12.5. The number of thiophene rings is 1. The Labute approximate surface area is 151 Å². The van der Waals surface area contributed by atoms with Crippen LogP contribution in [0.3, 0.4) is 0 Å². The summed E-state index contributed by atoms with van der Waals surface area (Å²) >= 11 is 1.56. The molecule has 7 nitrogen and oxygen atoms in total. The van der Waals surface area contributed by atoms with Crippen molar-refractivity contribution < 1.29 is 18.3 Å². The molecule has 3 N–H and O–H groups in total. The van der Waals surface area contributed by atoms with E-state index in [1.54, 1.807) is 40.5 Å². The van der Waals surface area contributed by atoms with Crippen LogP contribution in [-0.4, -0.2) is 43.9 Å². The minimum absolute atomic E-state index is 0.00197. The Morgan fingerprint density at radius 2 is 2.00 bits per heavy atom. The van der Waals surface area contributed by atoms with Crippen LogP contribution in [0.5, 0.6) is 0 Å². The van der Waals surface area contributed by atoms with E-state index in [0.29, 0.717) is 30.9 Å². The van der Waals surface area contributed by atoms with E-state index in [0.717, 1.165) is 11.1 Å². The third kappa shape index (κ3) is 6.73. The number of rotatable bonds is 8. The van der Waals surface area contributed by atoms with Gasteiger partial charge in [0.15, 0.2) is 0 Å². The number of hydrogen-bond acceptors (Lipinski definition) is 5. The van der Waals surface area contributed by atoms with Gasteiger partial charge >= 0.3 is 6.03 Å². The zero-order chi connectivity index (χ0) is 18.3. The molecule has 0 aliphatic heterocycles. The number of aliphatic hydroxyl groups is 1. The number of anilines is 2. The van der Waals surface area contributed by atoms with Gasteiger partial charge in [0.2, 0.25) is 10.0 Å². The molecule has 9 heteroatoms. The summed E-state index contributed by atoms with van der Waals surface area (Å²) in [6.45, 7) is 0.869. The Morgan fingerprint density at radius 1 is 1.24 bits per heavy atom. The quantitative estimate of drug-likeness (QED) is 0.652. The van der Waals surface area contributed by atoms with Crippen LogP contribution in [0.2, 0.25) is 0 Å². The second-order valence-electron chi connectivity index (χ2n) is 5.46. The van der Waals surface area contributed by atoms with Gasteiger partial charge in [-0.3, -0.25) is 4.72 Å². The molecule has 2 rings (SSSR count). The van der Waals surface area contributed by atoms with Crippen LogP contribution >= 0.6 is 11.3 Å². The van der Waals surface area contributed by atoms with Crippen LogP contribution in [0.1, 0.15) is 11.3 Å². The molecule has 0 radical (unpaired) electrons. The number of carbonyl (C=O) groups excluding carboxylic acids is 1. The van der Waals surface area contributed by atoms with Crippen molar-refractivity contribution in [3.8, 4) is 0 Å². The third-order valence-electron chi connectivity index (χ3n) is 3.22. The molecule has 0 aliphatic rings. The van der Waals surface area contributed by atoms with E-state index >= 15 is 0 Å². The van der Waals surface area contributed by atoms with E-state index < -0.39 is 10.0 Å². The molecule has 0 atom stereocenters. The van der Waals surface area contributed by atoms with Crippen LogP contribution < -0.4 is 10.0 Å². The van der Waals surface area contributed by atoms with Crippen molar-refractivity contribution in [1.82, 2.24) is 4.90 Å². The Morgan fingerprint density at radius 3 is 2.64 bits per heavy atom. The Bertz CT molecular complexity index is 791. The van der Waals surface area contributed by atoms with Gasteiger partial charge in [-0.1, -0.05) is 12.1 Å². The Balaban J connectivity index is 2.07. The van der Waals surface area contributed by atoms with Gasteiger partial charge in [-0.15, -0.1) is 11.3 Å². The van der Waals surface area contributed by atoms with Crippen LogP contribution in [-0.2, 0) is 16.6 Å². The Kier molecular flexibility index (Phi) is 6.80. The first-order valence-corrected chi connectivity index (χ1v) is 10.4. The second kappa shape index (κ2) is 8.84. The zero-order valence-corrected chi connectivity index (χ0v) is 15.4. The van der Waals surface area contributed by atoms with Gasteiger partial charge in [0.05, 0.1) is 18.5 Å². The number of benzene rings is 1. The number of amides is 2. The molecule has 0 saturated heterocycles. The minimum Gasteiger partial charge on any atom is -0.396 e. The fourth-order valence-electron chi connectivity index (χ4n) is 2.18. The van der Waals surface area contributed by atoms with Gasteiger partial charge in [-0.05, 0) is 36.1 Å². The number of aliphatic hydroxyl groups excluding tert-OH is 1. The van der Waals surface area contributed by atoms with Crippen LogP contribution in [0.4, 0.5) is 16.2 Å². The molecule has 0 bridgehead atoms. The third-order valence-corrected chi connectivity index (χ3v) is 4.68. The molecular formula is C16H21N3O4S2. The Hall–Kier alpha value is -2.10. The summed E-state index contributed by atoms with van der Waals surface area (Å²) in [5, 5.41) is 13.7. The first-order chi connectivity index (χ1) is 11.9. The van der Waals surface area contributed by atoms with Crippen LogP contribution in [0.25, 0.3) is 0 Å². The summed E-state index contributed by atoms with van der Waals surface area (Å²) in [5.74, 6) is 0. The van der Waals surface area contributed by atoms with Crippen molar-refractivity contribution in [3.63, 3.8) is 0 Å². The van der Waals surface area contributed by atoms with E-state index in [-0.39, 0.29) is 12.6 Å². The molecule has 1 aromatic heterocycles. The lowest BCUT2D eigenvalue weighted by Crippen LogP contribution is -2.35. The van der Waals surface area contributed by atoms with Gasteiger partial charge in [0, 0.05) is 23.7 Å². The number of nitrogens with one attached hydrogen (secondary N) is 2. The highest BCUT2D eigenvalue weighted by Gasteiger charge is 2.15. The van der Waals surface area contributed by atoms with Gasteiger partial charge < -0.3 is 15.3 Å². The molecule has 2 aromatic rings. The lowest BCUT2D eigenvalue weighted by Gasteiger charge is -2.22. The predicted octanol–water partition coefficient (Wildman–Crippen LogP) is 2.54. The SMILES string of the molecule is CS(=O)(=O)Nc1cccc(NC(=O)N(CCCO)Cc2cccs2)c1. The minimum atomic E-state index is -3.38. The lowest BCUT2D eigenvalue weighted by atomic mass is 10.3. The number of hydrogen-bond donors (Lipinski definition) is 3. The van der Waals surface area contributed by atoms with Crippen LogP contribution in [0, 0.1) is 0 Å².